The summed E-state index contributed by atoms with van der Waals surface area (Å²) in [6, 6.07) is 15.7. The molecule has 1 amide bonds. The van der Waals surface area contributed by atoms with Gasteiger partial charge in [0.2, 0.25) is 0 Å². The second kappa shape index (κ2) is 7.23. The fourth-order valence-electron chi connectivity index (χ4n) is 2.43. The molecule has 3 aromatic rings. The molecule has 0 aliphatic heterocycles. The first-order valence-corrected chi connectivity index (χ1v) is 7.94. The van der Waals surface area contributed by atoms with E-state index in [2.05, 4.69) is 10.3 Å². The molecule has 0 unspecified atom stereocenters. The van der Waals surface area contributed by atoms with Crippen LogP contribution in [0.15, 0.2) is 60.8 Å². The van der Waals surface area contributed by atoms with Crippen molar-refractivity contribution in [3.05, 3.63) is 82.6 Å². The van der Waals surface area contributed by atoms with E-state index < -0.39 is 0 Å². The van der Waals surface area contributed by atoms with Gasteiger partial charge in [0.15, 0.2) is 4.77 Å². The maximum Gasteiger partial charge on any atom is 0.269 e. The monoisotopic (exact) mass is 341 g/mol. The molecule has 122 valence electrons. The number of amides is 1. The van der Waals surface area contributed by atoms with E-state index in [1.807, 2.05) is 30.3 Å². The number of nitrogens with one attached hydrogen (secondary N) is 2. The number of nitrogens with zero attached hydrogens (tertiary/aromatic N) is 1. The second-order valence-electron chi connectivity index (χ2n) is 5.28. The van der Waals surface area contributed by atoms with Crippen LogP contribution in [0.2, 0.25) is 0 Å². The number of aromatic amines is 1. The number of carbonyl (C=O) groups is 1. The van der Waals surface area contributed by atoms with E-state index in [1.54, 1.807) is 22.9 Å². The summed E-state index contributed by atoms with van der Waals surface area (Å²) in [5.74, 6) is -0.481. The summed E-state index contributed by atoms with van der Waals surface area (Å²) in [5, 5.41) is 2.87. The lowest BCUT2D eigenvalue weighted by Gasteiger charge is -2.09. The Bertz CT molecular complexity index is 885. The van der Waals surface area contributed by atoms with E-state index >= 15 is 0 Å². The van der Waals surface area contributed by atoms with Crippen LogP contribution in [0.25, 0.3) is 5.69 Å². The van der Waals surface area contributed by atoms with Crippen molar-refractivity contribution < 1.29 is 9.18 Å². The van der Waals surface area contributed by atoms with E-state index in [0.717, 1.165) is 11.3 Å². The number of halogens is 1. The Labute approximate surface area is 144 Å². The van der Waals surface area contributed by atoms with Gasteiger partial charge < -0.3 is 10.3 Å². The molecule has 0 atom stereocenters. The average Bonchev–Trinajstić information content (AvgIpc) is 2.99. The molecule has 1 aromatic heterocycles. The molecule has 0 aliphatic carbocycles. The van der Waals surface area contributed by atoms with Crippen LogP contribution in [0.5, 0.6) is 0 Å². The number of H-pyrrole nitrogens is 1. The highest BCUT2D eigenvalue weighted by atomic mass is 32.1. The zero-order valence-electron chi connectivity index (χ0n) is 12.8. The zero-order valence-corrected chi connectivity index (χ0v) is 13.6. The number of rotatable bonds is 5. The highest BCUT2D eigenvalue weighted by molar-refractivity contribution is 7.71. The van der Waals surface area contributed by atoms with Gasteiger partial charge in [0.05, 0.1) is 0 Å². The van der Waals surface area contributed by atoms with Crippen molar-refractivity contribution in [1.29, 1.82) is 0 Å². The Morgan fingerprint density at radius 3 is 2.54 bits per heavy atom. The minimum Gasteiger partial charge on any atom is -0.350 e. The minimum atomic E-state index is -0.267. The van der Waals surface area contributed by atoms with Gasteiger partial charge in [-0.1, -0.05) is 30.3 Å². The first-order valence-electron chi connectivity index (χ1n) is 7.53. The van der Waals surface area contributed by atoms with Crippen molar-refractivity contribution in [2.75, 3.05) is 6.54 Å². The Balaban J connectivity index is 1.70. The minimum absolute atomic E-state index is 0.215. The summed E-state index contributed by atoms with van der Waals surface area (Å²) in [5.41, 5.74) is 2.24. The molecule has 0 saturated heterocycles. The quantitative estimate of drug-likeness (QED) is 0.696. The third-order valence-electron chi connectivity index (χ3n) is 3.64. The van der Waals surface area contributed by atoms with Gasteiger partial charge in [0.1, 0.15) is 11.5 Å². The number of imidazole rings is 1. The largest absolute Gasteiger partial charge is 0.350 e. The molecule has 0 aliphatic rings. The molecular weight excluding hydrogens is 325 g/mol. The number of hydrogen-bond donors (Lipinski definition) is 2. The fourth-order valence-corrected chi connectivity index (χ4v) is 2.69. The standard InChI is InChI=1S/C18H16FN3OS/c19-14-8-6-13(7-9-14)10-11-20-17(23)16-12-21-18(24)22(16)15-4-2-1-3-5-15/h1-9,12H,10-11H2,(H,20,23)(H,21,24). The average molecular weight is 341 g/mol. The summed E-state index contributed by atoms with van der Waals surface area (Å²) < 4.78 is 15.0. The molecule has 0 fully saturated rings. The molecule has 6 heteroatoms. The summed E-state index contributed by atoms with van der Waals surface area (Å²) >= 11 is 5.27. The molecule has 2 aromatic carbocycles. The number of para-hydroxylation sites is 1. The molecule has 0 bridgehead atoms. The first-order chi connectivity index (χ1) is 11.6. The van der Waals surface area contributed by atoms with Crippen molar-refractivity contribution in [1.82, 2.24) is 14.9 Å². The van der Waals surface area contributed by atoms with Gasteiger partial charge in [-0.05, 0) is 48.5 Å². The first kappa shape index (κ1) is 16.1. The molecule has 0 saturated carbocycles. The molecular formula is C18H16FN3OS. The zero-order chi connectivity index (χ0) is 16.9. The normalized spacial score (nSPS) is 10.5. The maximum absolute atomic E-state index is 12.9. The Hall–Kier alpha value is -2.73. The van der Waals surface area contributed by atoms with Crippen LogP contribution in [0.3, 0.4) is 0 Å². The topological polar surface area (TPSA) is 49.8 Å². The van der Waals surface area contributed by atoms with E-state index in [4.69, 9.17) is 12.2 Å². The maximum atomic E-state index is 12.9. The lowest BCUT2D eigenvalue weighted by molar-refractivity contribution is 0.0947. The van der Waals surface area contributed by atoms with Crippen LogP contribution >= 0.6 is 12.2 Å². The molecule has 0 spiro atoms. The van der Waals surface area contributed by atoms with E-state index in [-0.39, 0.29) is 11.7 Å². The van der Waals surface area contributed by atoms with Crippen molar-refractivity contribution >= 4 is 18.1 Å². The Kier molecular flexibility index (Phi) is 4.86. The van der Waals surface area contributed by atoms with Crippen LogP contribution in [-0.4, -0.2) is 22.0 Å². The fraction of sp³-hybridized carbons (Fsp3) is 0.111. The van der Waals surface area contributed by atoms with Gasteiger partial charge >= 0.3 is 0 Å². The van der Waals surface area contributed by atoms with Crippen molar-refractivity contribution in [2.24, 2.45) is 0 Å². The van der Waals surface area contributed by atoms with Crippen LogP contribution in [0, 0.1) is 10.6 Å². The summed E-state index contributed by atoms with van der Waals surface area (Å²) in [6.07, 6.45) is 2.23. The Morgan fingerprint density at radius 1 is 1.12 bits per heavy atom. The summed E-state index contributed by atoms with van der Waals surface area (Å²) in [6.45, 7) is 0.456. The second-order valence-corrected chi connectivity index (χ2v) is 5.67. The van der Waals surface area contributed by atoms with E-state index in [1.165, 1.54) is 12.1 Å². The van der Waals surface area contributed by atoms with Gasteiger partial charge in [0, 0.05) is 18.4 Å². The van der Waals surface area contributed by atoms with Crippen LogP contribution in [0.1, 0.15) is 16.1 Å². The van der Waals surface area contributed by atoms with Gasteiger partial charge in [-0.15, -0.1) is 0 Å². The predicted octanol–water partition coefficient (Wildman–Crippen LogP) is 3.65. The smallest absolute Gasteiger partial charge is 0.269 e. The highest BCUT2D eigenvalue weighted by Gasteiger charge is 2.13. The molecule has 1 heterocycles. The predicted molar refractivity (Wildman–Crippen MR) is 93.4 cm³/mol. The van der Waals surface area contributed by atoms with Crippen LogP contribution in [0.4, 0.5) is 4.39 Å². The summed E-state index contributed by atoms with van der Waals surface area (Å²) in [4.78, 5) is 15.3. The SMILES string of the molecule is O=C(NCCc1ccc(F)cc1)c1c[nH]c(=S)n1-c1ccccc1. The number of carbonyl (C=O) groups excluding carboxylic acids is 1. The van der Waals surface area contributed by atoms with Crippen molar-refractivity contribution in [3.8, 4) is 5.69 Å². The molecule has 4 nitrogen and oxygen atoms in total. The number of hydrogen-bond acceptors (Lipinski definition) is 2. The van der Waals surface area contributed by atoms with Crippen LogP contribution in [-0.2, 0) is 6.42 Å². The van der Waals surface area contributed by atoms with Gasteiger partial charge in [-0.25, -0.2) is 4.39 Å². The number of benzene rings is 2. The highest BCUT2D eigenvalue weighted by Crippen LogP contribution is 2.12. The van der Waals surface area contributed by atoms with Crippen molar-refractivity contribution in [2.45, 2.75) is 6.42 Å². The summed E-state index contributed by atoms with van der Waals surface area (Å²) in [7, 11) is 0. The van der Waals surface area contributed by atoms with Gasteiger partial charge in [-0.3, -0.25) is 9.36 Å². The lowest BCUT2D eigenvalue weighted by Crippen LogP contribution is -2.27. The molecule has 24 heavy (non-hydrogen) atoms. The third-order valence-corrected chi connectivity index (χ3v) is 3.94. The van der Waals surface area contributed by atoms with Crippen LogP contribution < -0.4 is 5.32 Å². The van der Waals surface area contributed by atoms with Gasteiger partial charge in [-0.2, -0.15) is 0 Å². The van der Waals surface area contributed by atoms with E-state index in [9.17, 15) is 9.18 Å². The van der Waals surface area contributed by atoms with Gasteiger partial charge in [0.25, 0.3) is 5.91 Å². The Morgan fingerprint density at radius 2 is 1.83 bits per heavy atom. The molecule has 3 rings (SSSR count). The third kappa shape index (κ3) is 3.60. The molecule has 2 N–H and O–H groups in total. The van der Waals surface area contributed by atoms with Crippen molar-refractivity contribution in [3.63, 3.8) is 0 Å². The number of aromatic nitrogens is 2. The lowest BCUT2D eigenvalue weighted by atomic mass is 10.1. The van der Waals surface area contributed by atoms with E-state index in [0.29, 0.717) is 23.4 Å². The molecule has 0 radical (unpaired) electrons.